The molecular formula is C27H35N5O3. The number of nitrogens with zero attached hydrogens (tertiary/aromatic N) is 5. The summed E-state index contributed by atoms with van der Waals surface area (Å²) in [6.45, 7) is 5.92. The molecule has 3 aliphatic rings. The lowest BCUT2D eigenvalue weighted by molar-refractivity contribution is -0.134. The number of hydrogen-bond donors (Lipinski definition) is 0. The molecule has 2 aromatic heterocycles. The number of methoxy groups -OCH3 is 1. The van der Waals surface area contributed by atoms with Crippen LogP contribution in [0.1, 0.15) is 43.7 Å². The summed E-state index contributed by atoms with van der Waals surface area (Å²) in [5.74, 6) is 2.83. The molecule has 4 heterocycles. The van der Waals surface area contributed by atoms with Crippen molar-refractivity contribution in [2.75, 3.05) is 39.8 Å². The number of hydrogen-bond acceptors (Lipinski definition) is 6. The number of imidazole rings is 1. The van der Waals surface area contributed by atoms with Gasteiger partial charge in [-0.05, 0) is 69.2 Å². The zero-order valence-electron chi connectivity index (χ0n) is 20.5. The third-order valence-electron chi connectivity index (χ3n) is 8.28. The predicted octanol–water partition coefficient (Wildman–Crippen LogP) is 3.79. The minimum Gasteiger partial charge on any atom is -0.493 e. The normalized spacial score (nSPS) is 25.7. The number of benzene rings is 1. The summed E-state index contributed by atoms with van der Waals surface area (Å²) in [6, 6.07) is 6.00. The molecule has 3 fully saturated rings. The highest BCUT2D eigenvalue weighted by Gasteiger charge is 2.46. The topological polar surface area (TPSA) is 76.6 Å². The fraction of sp³-hybridized carbons (Fsp3) is 0.593. The van der Waals surface area contributed by atoms with Crippen LogP contribution < -0.4 is 4.74 Å². The SMILES string of the molecule is COc1cccc2c(C3CCN(CC4C[C@H]4C(=O)N4CCC[C@@H](Cn5ccnc5)C4)CC3)noc12. The Morgan fingerprint density at radius 1 is 1.17 bits per heavy atom. The van der Waals surface area contributed by atoms with Crippen molar-refractivity contribution in [3.05, 3.63) is 42.6 Å². The maximum absolute atomic E-state index is 13.2. The van der Waals surface area contributed by atoms with E-state index in [0.29, 0.717) is 23.7 Å². The lowest BCUT2D eigenvalue weighted by Gasteiger charge is -2.33. The second-order valence-electron chi connectivity index (χ2n) is 10.6. The molecule has 186 valence electrons. The van der Waals surface area contributed by atoms with Crippen LogP contribution in [0.15, 0.2) is 41.4 Å². The van der Waals surface area contributed by atoms with Crippen LogP contribution in [0.4, 0.5) is 0 Å². The fourth-order valence-corrected chi connectivity index (χ4v) is 6.22. The van der Waals surface area contributed by atoms with Gasteiger partial charge in [-0.3, -0.25) is 4.79 Å². The van der Waals surface area contributed by atoms with Crippen LogP contribution in [-0.4, -0.2) is 70.2 Å². The molecule has 0 N–H and O–H groups in total. The van der Waals surface area contributed by atoms with Crippen molar-refractivity contribution in [3.8, 4) is 5.75 Å². The number of aromatic nitrogens is 3. The molecule has 0 bridgehead atoms. The monoisotopic (exact) mass is 477 g/mol. The largest absolute Gasteiger partial charge is 0.493 e. The number of carbonyl (C=O) groups is 1. The first kappa shape index (κ1) is 22.6. The molecule has 3 aromatic rings. The van der Waals surface area contributed by atoms with E-state index in [1.165, 1.54) is 6.42 Å². The van der Waals surface area contributed by atoms with Crippen molar-refractivity contribution in [1.29, 1.82) is 0 Å². The molecule has 1 amide bonds. The molecule has 8 nitrogen and oxygen atoms in total. The van der Waals surface area contributed by atoms with Gasteiger partial charge in [0, 0.05) is 55.8 Å². The lowest BCUT2D eigenvalue weighted by Crippen LogP contribution is -2.42. The molecule has 1 aliphatic carbocycles. The van der Waals surface area contributed by atoms with Gasteiger partial charge in [0.1, 0.15) is 0 Å². The number of rotatable bonds is 7. The van der Waals surface area contributed by atoms with Crippen LogP contribution in [0, 0.1) is 17.8 Å². The van der Waals surface area contributed by atoms with Crippen molar-refractivity contribution < 1.29 is 14.1 Å². The van der Waals surface area contributed by atoms with E-state index in [1.807, 2.05) is 30.9 Å². The van der Waals surface area contributed by atoms with Gasteiger partial charge in [-0.15, -0.1) is 0 Å². The van der Waals surface area contributed by atoms with Gasteiger partial charge in [0.2, 0.25) is 11.5 Å². The maximum Gasteiger partial charge on any atom is 0.226 e. The number of ether oxygens (including phenoxy) is 1. The van der Waals surface area contributed by atoms with E-state index >= 15 is 0 Å². The molecule has 2 saturated heterocycles. The second-order valence-corrected chi connectivity index (χ2v) is 10.6. The standard InChI is InChI=1S/C27H35N5O3/c1-34-24-6-2-5-22-25(29-35-26(22)24)20-7-11-30(12-8-20)17-21-14-23(21)27(33)32-10-3-4-19(16-32)15-31-13-9-28-18-31/h2,5-6,9,13,18-21,23H,3-4,7-8,10-12,14-17H2,1H3/t19-,21?,23+/m0/s1. The van der Waals surface area contributed by atoms with Crippen molar-refractivity contribution in [2.24, 2.45) is 17.8 Å². The molecule has 0 radical (unpaired) electrons. The zero-order valence-corrected chi connectivity index (χ0v) is 20.5. The molecule has 0 spiro atoms. The number of amides is 1. The summed E-state index contributed by atoms with van der Waals surface area (Å²) in [5, 5.41) is 5.49. The molecule has 2 aliphatic heterocycles. The Bertz CT molecular complexity index is 1150. The predicted molar refractivity (Wildman–Crippen MR) is 132 cm³/mol. The quantitative estimate of drug-likeness (QED) is 0.515. The maximum atomic E-state index is 13.2. The van der Waals surface area contributed by atoms with Gasteiger partial charge in [-0.1, -0.05) is 11.2 Å². The van der Waals surface area contributed by atoms with Gasteiger partial charge < -0.3 is 23.6 Å². The van der Waals surface area contributed by atoms with E-state index in [4.69, 9.17) is 9.26 Å². The molecular weight excluding hydrogens is 442 g/mol. The van der Waals surface area contributed by atoms with Crippen LogP contribution >= 0.6 is 0 Å². The number of likely N-dealkylation sites (tertiary alicyclic amines) is 2. The first-order valence-corrected chi connectivity index (χ1v) is 13.1. The van der Waals surface area contributed by atoms with Gasteiger partial charge in [0.05, 0.1) is 19.1 Å². The average molecular weight is 478 g/mol. The highest BCUT2D eigenvalue weighted by Crippen LogP contribution is 2.42. The number of carbonyl (C=O) groups excluding carboxylic acids is 1. The van der Waals surface area contributed by atoms with Crippen molar-refractivity contribution in [3.63, 3.8) is 0 Å². The van der Waals surface area contributed by atoms with Crippen molar-refractivity contribution >= 4 is 16.9 Å². The summed E-state index contributed by atoms with van der Waals surface area (Å²) < 4.78 is 13.2. The number of fused-ring (bicyclic) bond motifs is 1. The van der Waals surface area contributed by atoms with Gasteiger partial charge in [-0.25, -0.2) is 4.98 Å². The highest BCUT2D eigenvalue weighted by molar-refractivity contribution is 5.85. The van der Waals surface area contributed by atoms with E-state index in [9.17, 15) is 4.79 Å². The fourth-order valence-electron chi connectivity index (χ4n) is 6.22. The molecule has 8 heteroatoms. The number of piperidine rings is 2. The van der Waals surface area contributed by atoms with Crippen LogP contribution in [0.2, 0.25) is 0 Å². The Labute approximate surface area is 206 Å². The minimum atomic E-state index is 0.228. The van der Waals surface area contributed by atoms with E-state index < -0.39 is 0 Å². The van der Waals surface area contributed by atoms with Gasteiger partial charge >= 0.3 is 0 Å². The van der Waals surface area contributed by atoms with Crippen molar-refractivity contribution in [2.45, 2.75) is 44.6 Å². The summed E-state index contributed by atoms with van der Waals surface area (Å²) >= 11 is 0. The van der Waals surface area contributed by atoms with E-state index in [0.717, 1.165) is 87.4 Å². The van der Waals surface area contributed by atoms with Crippen LogP contribution in [0.3, 0.4) is 0 Å². The molecule has 35 heavy (non-hydrogen) atoms. The molecule has 1 unspecified atom stereocenters. The molecule has 1 saturated carbocycles. The summed E-state index contributed by atoms with van der Waals surface area (Å²) in [5.41, 5.74) is 1.81. The van der Waals surface area contributed by atoms with Crippen LogP contribution in [0.5, 0.6) is 5.75 Å². The third kappa shape index (κ3) is 4.68. The molecule has 1 aromatic carbocycles. The molecule has 3 atom stereocenters. The Morgan fingerprint density at radius 3 is 2.86 bits per heavy atom. The summed E-state index contributed by atoms with van der Waals surface area (Å²) in [6.07, 6.45) is 11.2. The first-order chi connectivity index (χ1) is 17.2. The number of para-hydroxylation sites is 1. The Hall–Kier alpha value is -2.87. The van der Waals surface area contributed by atoms with Crippen LogP contribution in [0.25, 0.3) is 11.0 Å². The highest BCUT2D eigenvalue weighted by atomic mass is 16.5. The smallest absolute Gasteiger partial charge is 0.226 e. The Morgan fingerprint density at radius 2 is 2.06 bits per heavy atom. The Kier molecular flexibility index (Phi) is 6.22. The zero-order chi connectivity index (χ0) is 23.8. The molecule has 6 rings (SSSR count). The van der Waals surface area contributed by atoms with Gasteiger partial charge in [0.15, 0.2) is 5.75 Å². The first-order valence-electron chi connectivity index (χ1n) is 13.1. The third-order valence-corrected chi connectivity index (χ3v) is 8.28. The second kappa shape index (κ2) is 9.64. The minimum absolute atomic E-state index is 0.228. The van der Waals surface area contributed by atoms with Gasteiger partial charge in [-0.2, -0.15) is 0 Å². The summed E-state index contributed by atoms with van der Waals surface area (Å²) in [7, 11) is 1.66. The van der Waals surface area contributed by atoms with Crippen LogP contribution in [-0.2, 0) is 11.3 Å². The summed E-state index contributed by atoms with van der Waals surface area (Å²) in [4.78, 5) is 22.0. The van der Waals surface area contributed by atoms with E-state index in [2.05, 4.69) is 30.6 Å². The van der Waals surface area contributed by atoms with E-state index in [-0.39, 0.29) is 5.92 Å². The lowest BCUT2D eigenvalue weighted by atomic mass is 9.91. The average Bonchev–Trinajstić information content (AvgIpc) is 3.25. The van der Waals surface area contributed by atoms with Crippen molar-refractivity contribution in [1.82, 2.24) is 24.5 Å². The van der Waals surface area contributed by atoms with E-state index in [1.54, 1.807) is 7.11 Å². The Balaban J connectivity index is 0.987. The van der Waals surface area contributed by atoms with Gasteiger partial charge in [0.25, 0.3) is 0 Å².